The van der Waals surface area contributed by atoms with Crippen molar-refractivity contribution in [1.29, 1.82) is 0 Å². The summed E-state index contributed by atoms with van der Waals surface area (Å²) >= 11 is 4.24. The summed E-state index contributed by atoms with van der Waals surface area (Å²) in [6.45, 7) is 0. The molecule has 0 saturated heterocycles. The molecule has 1 saturated carbocycles. The highest BCUT2D eigenvalue weighted by molar-refractivity contribution is 7.80. The zero-order valence-electron chi connectivity index (χ0n) is 7.76. The van der Waals surface area contributed by atoms with E-state index in [1.54, 1.807) is 0 Å². The van der Waals surface area contributed by atoms with Crippen LogP contribution in [0.3, 0.4) is 0 Å². The molecule has 0 radical (unpaired) electrons. The molecule has 1 aliphatic carbocycles. The number of thiol groups is 1. The number of benzene rings is 1. The summed E-state index contributed by atoms with van der Waals surface area (Å²) in [4.78, 5) is 0. The SMILES string of the molecule is Fc1ccc(F)c(C2(CS)CCC2)c1. The molecule has 1 aromatic carbocycles. The van der Waals surface area contributed by atoms with Gasteiger partial charge in [0.05, 0.1) is 0 Å². The Bertz CT molecular complexity index is 340. The molecule has 0 heterocycles. The minimum absolute atomic E-state index is 0.213. The highest BCUT2D eigenvalue weighted by Gasteiger charge is 2.39. The number of hydrogen-bond donors (Lipinski definition) is 1. The third-order valence-electron chi connectivity index (χ3n) is 3.11. The Hall–Kier alpha value is -0.570. The van der Waals surface area contributed by atoms with E-state index in [0.717, 1.165) is 25.3 Å². The molecule has 0 N–H and O–H groups in total. The molecule has 0 amide bonds. The fraction of sp³-hybridized carbons (Fsp3) is 0.455. The highest BCUT2D eigenvalue weighted by Crippen LogP contribution is 2.45. The second-order valence-corrected chi connectivity index (χ2v) is 4.23. The first kappa shape index (κ1) is 9.97. The van der Waals surface area contributed by atoms with Crippen molar-refractivity contribution < 1.29 is 8.78 Å². The Morgan fingerprint density at radius 2 is 2.00 bits per heavy atom. The first-order valence-corrected chi connectivity index (χ1v) is 5.38. The average molecular weight is 214 g/mol. The van der Waals surface area contributed by atoms with E-state index < -0.39 is 0 Å². The minimum atomic E-state index is -0.366. The molecule has 14 heavy (non-hydrogen) atoms. The van der Waals surface area contributed by atoms with E-state index >= 15 is 0 Å². The number of hydrogen-bond acceptors (Lipinski definition) is 1. The zero-order valence-corrected chi connectivity index (χ0v) is 8.66. The van der Waals surface area contributed by atoms with Crippen LogP contribution >= 0.6 is 12.6 Å². The molecular formula is C11H12F2S. The second kappa shape index (κ2) is 3.54. The van der Waals surface area contributed by atoms with E-state index in [4.69, 9.17) is 0 Å². The van der Waals surface area contributed by atoms with Crippen molar-refractivity contribution in [2.45, 2.75) is 24.7 Å². The predicted octanol–water partition coefficient (Wildman–Crippen LogP) is 3.32. The Morgan fingerprint density at radius 1 is 1.29 bits per heavy atom. The number of rotatable bonds is 2. The van der Waals surface area contributed by atoms with E-state index in [0.29, 0.717) is 11.3 Å². The molecule has 2 rings (SSSR count). The zero-order chi connectivity index (χ0) is 10.2. The molecule has 0 nitrogen and oxygen atoms in total. The maximum atomic E-state index is 13.5. The Morgan fingerprint density at radius 3 is 2.50 bits per heavy atom. The standard InChI is InChI=1S/C11H12F2S/c12-8-2-3-10(13)9(6-8)11(7-14)4-1-5-11/h2-3,6,14H,1,4-5,7H2. The summed E-state index contributed by atoms with van der Waals surface area (Å²) < 4.78 is 26.5. The van der Waals surface area contributed by atoms with Gasteiger partial charge in [-0.3, -0.25) is 0 Å². The van der Waals surface area contributed by atoms with Crippen molar-refractivity contribution in [3.05, 3.63) is 35.4 Å². The molecule has 3 heteroatoms. The molecule has 0 aliphatic heterocycles. The molecule has 0 aromatic heterocycles. The van der Waals surface area contributed by atoms with Crippen LogP contribution in [0.2, 0.25) is 0 Å². The summed E-state index contributed by atoms with van der Waals surface area (Å²) in [7, 11) is 0. The monoisotopic (exact) mass is 214 g/mol. The van der Waals surface area contributed by atoms with E-state index in [2.05, 4.69) is 12.6 Å². The third kappa shape index (κ3) is 1.44. The van der Waals surface area contributed by atoms with Gasteiger partial charge in [0.15, 0.2) is 0 Å². The molecule has 0 atom stereocenters. The van der Waals surface area contributed by atoms with Gasteiger partial charge in [-0.1, -0.05) is 6.42 Å². The van der Waals surface area contributed by atoms with Crippen molar-refractivity contribution in [2.24, 2.45) is 0 Å². The predicted molar refractivity (Wildman–Crippen MR) is 55.7 cm³/mol. The summed E-state index contributed by atoms with van der Waals surface area (Å²) in [6.07, 6.45) is 2.91. The third-order valence-corrected chi connectivity index (χ3v) is 3.72. The van der Waals surface area contributed by atoms with Crippen LogP contribution in [0.5, 0.6) is 0 Å². The van der Waals surface area contributed by atoms with Crippen LogP contribution in [0.15, 0.2) is 18.2 Å². The van der Waals surface area contributed by atoms with Gasteiger partial charge in [0.1, 0.15) is 11.6 Å². The van der Waals surface area contributed by atoms with Crippen molar-refractivity contribution >= 4 is 12.6 Å². The molecule has 1 aromatic rings. The van der Waals surface area contributed by atoms with E-state index in [1.165, 1.54) is 12.1 Å². The van der Waals surface area contributed by atoms with Crippen LogP contribution in [0.4, 0.5) is 8.78 Å². The molecule has 76 valence electrons. The number of halogens is 2. The van der Waals surface area contributed by atoms with Gasteiger partial charge in [0.2, 0.25) is 0 Å². The van der Waals surface area contributed by atoms with E-state index in [-0.39, 0.29) is 17.0 Å². The highest BCUT2D eigenvalue weighted by atomic mass is 32.1. The summed E-state index contributed by atoms with van der Waals surface area (Å²) in [5.41, 5.74) is 0.286. The summed E-state index contributed by atoms with van der Waals surface area (Å²) in [5, 5.41) is 0. The fourth-order valence-corrected chi connectivity index (χ4v) is 2.51. The Balaban J connectivity index is 2.43. The van der Waals surface area contributed by atoms with Gasteiger partial charge in [-0.15, -0.1) is 0 Å². The van der Waals surface area contributed by atoms with Gasteiger partial charge in [0.25, 0.3) is 0 Å². The van der Waals surface area contributed by atoms with E-state index in [9.17, 15) is 8.78 Å². The summed E-state index contributed by atoms with van der Waals surface area (Å²) in [5.74, 6) is -0.0810. The molecule has 0 spiro atoms. The van der Waals surface area contributed by atoms with Crippen molar-refractivity contribution in [1.82, 2.24) is 0 Å². The van der Waals surface area contributed by atoms with Crippen LogP contribution in [-0.4, -0.2) is 5.75 Å². The van der Waals surface area contributed by atoms with Gasteiger partial charge in [-0.2, -0.15) is 12.6 Å². The topological polar surface area (TPSA) is 0 Å². The van der Waals surface area contributed by atoms with Gasteiger partial charge in [-0.05, 0) is 36.6 Å². The molecule has 1 fully saturated rings. The van der Waals surface area contributed by atoms with Gasteiger partial charge in [0, 0.05) is 11.2 Å². The van der Waals surface area contributed by atoms with Crippen LogP contribution in [0.25, 0.3) is 0 Å². The second-order valence-electron chi connectivity index (χ2n) is 3.92. The maximum absolute atomic E-state index is 13.5. The van der Waals surface area contributed by atoms with Crippen LogP contribution in [-0.2, 0) is 5.41 Å². The lowest BCUT2D eigenvalue weighted by atomic mass is 9.65. The smallest absolute Gasteiger partial charge is 0.127 e. The Kier molecular flexibility index (Phi) is 2.52. The van der Waals surface area contributed by atoms with Crippen molar-refractivity contribution in [3.63, 3.8) is 0 Å². The largest absolute Gasteiger partial charge is 0.207 e. The molecule has 1 aliphatic rings. The summed E-state index contributed by atoms with van der Waals surface area (Å²) in [6, 6.07) is 3.67. The average Bonchev–Trinajstić information content (AvgIpc) is 2.10. The Labute approximate surface area is 87.7 Å². The lowest BCUT2D eigenvalue weighted by molar-refractivity contribution is 0.269. The van der Waals surface area contributed by atoms with Crippen molar-refractivity contribution in [2.75, 3.05) is 5.75 Å². The lowest BCUT2D eigenvalue weighted by Gasteiger charge is -2.41. The maximum Gasteiger partial charge on any atom is 0.127 e. The minimum Gasteiger partial charge on any atom is -0.207 e. The van der Waals surface area contributed by atoms with Gasteiger partial charge >= 0.3 is 0 Å². The lowest BCUT2D eigenvalue weighted by Crippen LogP contribution is -2.37. The van der Waals surface area contributed by atoms with Crippen LogP contribution < -0.4 is 0 Å². The van der Waals surface area contributed by atoms with Gasteiger partial charge in [-0.25, -0.2) is 8.78 Å². The quantitative estimate of drug-likeness (QED) is 0.717. The normalized spacial score (nSPS) is 19.1. The van der Waals surface area contributed by atoms with Crippen molar-refractivity contribution in [3.8, 4) is 0 Å². The van der Waals surface area contributed by atoms with Crippen LogP contribution in [0, 0.1) is 11.6 Å². The molecule has 0 bridgehead atoms. The molecular weight excluding hydrogens is 202 g/mol. The first-order valence-electron chi connectivity index (χ1n) is 4.74. The first-order chi connectivity index (χ1) is 6.68. The van der Waals surface area contributed by atoms with Crippen LogP contribution in [0.1, 0.15) is 24.8 Å². The fourth-order valence-electron chi connectivity index (χ4n) is 2.02. The van der Waals surface area contributed by atoms with Gasteiger partial charge < -0.3 is 0 Å². The van der Waals surface area contributed by atoms with E-state index in [1.807, 2.05) is 0 Å². The molecule has 0 unspecified atom stereocenters.